The van der Waals surface area contributed by atoms with Crippen LogP contribution in [0.15, 0.2) is 48.5 Å². The van der Waals surface area contributed by atoms with Gasteiger partial charge in [0.05, 0.1) is 6.10 Å². The van der Waals surface area contributed by atoms with Crippen molar-refractivity contribution in [3.05, 3.63) is 59.7 Å². The molecule has 2 aromatic rings. The number of rotatable bonds is 5. The summed E-state index contributed by atoms with van der Waals surface area (Å²) in [5, 5.41) is 5.67. The summed E-state index contributed by atoms with van der Waals surface area (Å²) in [7, 11) is 0. The van der Waals surface area contributed by atoms with Gasteiger partial charge in [-0.2, -0.15) is 0 Å². The number of hydrogen-bond donors (Lipinski definition) is 2. The molecule has 0 atom stereocenters. The van der Waals surface area contributed by atoms with Gasteiger partial charge in [-0.3, -0.25) is 14.9 Å². The van der Waals surface area contributed by atoms with Gasteiger partial charge >= 0.3 is 0 Å². The minimum atomic E-state index is -0.323. The lowest BCUT2D eigenvalue weighted by Gasteiger charge is -2.12. The summed E-state index contributed by atoms with van der Waals surface area (Å²) in [6.45, 7) is 5.36. The van der Waals surface area contributed by atoms with Crippen LogP contribution in [0.3, 0.4) is 0 Å². The molecule has 0 aromatic heterocycles. The molecule has 0 aliphatic carbocycles. The van der Waals surface area contributed by atoms with Crippen LogP contribution in [0.2, 0.25) is 0 Å². The van der Waals surface area contributed by atoms with E-state index in [4.69, 9.17) is 17.0 Å². The Bertz CT molecular complexity index is 786. The van der Waals surface area contributed by atoms with Crippen molar-refractivity contribution in [3.8, 4) is 5.75 Å². The van der Waals surface area contributed by atoms with Crippen molar-refractivity contribution in [2.45, 2.75) is 26.9 Å². The maximum Gasteiger partial charge on any atom is 0.257 e. The Morgan fingerprint density at radius 3 is 2.32 bits per heavy atom. The van der Waals surface area contributed by atoms with Crippen molar-refractivity contribution in [3.63, 3.8) is 0 Å². The quantitative estimate of drug-likeness (QED) is 0.630. The highest BCUT2D eigenvalue weighted by Crippen LogP contribution is 2.14. The van der Waals surface area contributed by atoms with E-state index in [0.29, 0.717) is 22.6 Å². The predicted octanol–water partition coefficient (Wildman–Crippen LogP) is 3.80. The lowest BCUT2D eigenvalue weighted by molar-refractivity contribution is 0.0975. The van der Waals surface area contributed by atoms with Crippen LogP contribution in [0.1, 0.15) is 41.5 Å². The Morgan fingerprint density at radius 2 is 1.72 bits per heavy atom. The lowest BCUT2D eigenvalue weighted by Crippen LogP contribution is -2.34. The van der Waals surface area contributed by atoms with E-state index < -0.39 is 0 Å². The number of carbonyl (C=O) groups is 2. The average molecular weight is 356 g/mol. The molecule has 0 aliphatic heterocycles. The number of benzene rings is 2. The van der Waals surface area contributed by atoms with Gasteiger partial charge in [0.2, 0.25) is 0 Å². The van der Waals surface area contributed by atoms with Crippen LogP contribution in [0.25, 0.3) is 0 Å². The first-order chi connectivity index (χ1) is 11.8. The SMILES string of the molecule is CC(=O)c1cccc(NC(=S)NC(=O)c2ccc(OC(C)C)cc2)c1. The lowest BCUT2D eigenvalue weighted by atomic mass is 10.1. The summed E-state index contributed by atoms with van der Waals surface area (Å²) in [5.41, 5.74) is 1.68. The van der Waals surface area contributed by atoms with E-state index in [2.05, 4.69) is 10.6 Å². The van der Waals surface area contributed by atoms with Crippen LogP contribution in [0.4, 0.5) is 5.69 Å². The fraction of sp³-hybridized carbons (Fsp3) is 0.211. The van der Waals surface area contributed by atoms with Crippen LogP contribution >= 0.6 is 12.2 Å². The highest BCUT2D eigenvalue weighted by atomic mass is 32.1. The maximum atomic E-state index is 12.2. The molecule has 0 fully saturated rings. The molecular formula is C19H20N2O3S. The molecule has 0 saturated heterocycles. The van der Waals surface area contributed by atoms with Gasteiger partial charge in [0.1, 0.15) is 5.75 Å². The van der Waals surface area contributed by atoms with E-state index in [1.807, 2.05) is 13.8 Å². The minimum Gasteiger partial charge on any atom is -0.491 e. The van der Waals surface area contributed by atoms with Gasteiger partial charge in [-0.25, -0.2) is 0 Å². The zero-order valence-electron chi connectivity index (χ0n) is 14.3. The number of amides is 1. The second kappa shape index (κ2) is 8.39. The third-order valence-electron chi connectivity index (χ3n) is 3.24. The standard InChI is InChI=1S/C19H20N2O3S/c1-12(2)24-17-9-7-14(8-10-17)18(23)21-19(25)20-16-6-4-5-15(11-16)13(3)22/h4-12H,1-3H3,(H2,20,21,23,25). The third-order valence-corrected chi connectivity index (χ3v) is 3.45. The smallest absolute Gasteiger partial charge is 0.257 e. The zero-order chi connectivity index (χ0) is 18.4. The van der Waals surface area contributed by atoms with Crippen molar-refractivity contribution in [2.75, 3.05) is 5.32 Å². The van der Waals surface area contributed by atoms with Crippen LogP contribution in [-0.4, -0.2) is 22.9 Å². The topological polar surface area (TPSA) is 67.4 Å². The fourth-order valence-corrected chi connectivity index (χ4v) is 2.32. The molecule has 0 bridgehead atoms. The van der Waals surface area contributed by atoms with E-state index in [0.717, 1.165) is 0 Å². The van der Waals surface area contributed by atoms with E-state index in [1.54, 1.807) is 48.5 Å². The van der Waals surface area contributed by atoms with Gasteiger partial charge in [-0.1, -0.05) is 12.1 Å². The molecule has 1 amide bonds. The Morgan fingerprint density at radius 1 is 1.04 bits per heavy atom. The van der Waals surface area contributed by atoms with Gasteiger partial charge in [0, 0.05) is 16.8 Å². The number of ether oxygens (including phenoxy) is 1. The molecule has 2 aromatic carbocycles. The molecule has 0 radical (unpaired) electrons. The summed E-state index contributed by atoms with van der Waals surface area (Å²) in [6, 6.07) is 13.7. The molecule has 5 nitrogen and oxygen atoms in total. The number of hydrogen-bond acceptors (Lipinski definition) is 4. The first-order valence-electron chi connectivity index (χ1n) is 7.85. The monoisotopic (exact) mass is 356 g/mol. The molecule has 0 saturated carbocycles. The first kappa shape index (κ1) is 18.6. The Hall–Kier alpha value is -2.73. The maximum absolute atomic E-state index is 12.2. The van der Waals surface area contributed by atoms with E-state index in [-0.39, 0.29) is 22.9 Å². The highest BCUT2D eigenvalue weighted by Gasteiger charge is 2.09. The summed E-state index contributed by atoms with van der Waals surface area (Å²) < 4.78 is 5.54. The average Bonchev–Trinajstić information content (AvgIpc) is 2.55. The molecule has 0 heterocycles. The molecule has 25 heavy (non-hydrogen) atoms. The van der Waals surface area contributed by atoms with Gasteiger partial charge < -0.3 is 10.1 Å². The first-order valence-corrected chi connectivity index (χ1v) is 8.26. The van der Waals surface area contributed by atoms with E-state index in [9.17, 15) is 9.59 Å². The normalized spacial score (nSPS) is 10.2. The fourth-order valence-electron chi connectivity index (χ4n) is 2.11. The summed E-state index contributed by atoms with van der Waals surface area (Å²) in [5.74, 6) is 0.340. The third kappa shape index (κ3) is 5.69. The molecular weight excluding hydrogens is 336 g/mol. The van der Waals surface area contributed by atoms with Gasteiger partial charge in [-0.15, -0.1) is 0 Å². The van der Waals surface area contributed by atoms with E-state index >= 15 is 0 Å². The van der Waals surface area contributed by atoms with E-state index in [1.165, 1.54) is 6.92 Å². The minimum absolute atomic E-state index is 0.0395. The zero-order valence-corrected chi connectivity index (χ0v) is 15.1. The second-order valence-corrected chi connectivity index (χ2v) is 6.14. The van der Waals surface area contributed by atoms with Crippen LogP contribution in [0, 0.1) is 0 Å². The van der Waals surface area contributed by atoms with Crippen molar-refractivity contribution in [2.24, 2.45) is 0 Å². The molecule has 0 unspecified atom stereocenters. The number of thiocarbonyl (C=S) groups is 1. The van der Waals surface area contributed by atoms with Crippen LogP contribution in [-0.2, 0) is 0 Å². The van der Waals surface area contributed by atoms with Crippen LogP contribution < -0.4 is 15.4 Å². The van der Waals surface area contributed by atoms with Crippen LogP contribution in [0.5, 0.6) is 5.75 Å². The van der Waals surface area contributed by atoms with Gasteiger partial charge in [-0.05, 0) is 69.4 Å². The summed E-state index contributed by atoms with van der Waals surface area (Å²) >= 11 is 5.15. The van der Waals surface area contributed by atoms with Gasteiger partial charge in [0.25, 0.3) is 5.91 Å². The predicted molar refractivity (Wildman–Crippen MR) is 102 cm³/mol. The molecule has 2 rings (SSSR count). The molecule has 6 heteroatoms. The van der Waals surface area contributed by atoms with Crippen molar-refractivity contribution in [1.29, 1.82) is 0 Å². The van der Waals surface area contributed by atoms with Crippen molar-refractivity contribution in [1.82, 2.24) is 5.32 Å². The van der Waals surface area contributed by atoms with Crippen molar-refractivity contribution >= 4 is 34.7 Å². The summed E-state index contributed by atoms with van der Waals surface area (Å²) in [4.78, 5) is 23.6. The summed E-state index contributed by atoms with van der Waals surface area (Å²) in [6.07, 6.45) is 0.0715. The largest absolute Gasteiger partial charge is 0.491 e. The number of ketones is 1. The number of anilines is 1. The molecule has 2 N–H and O–H groups in total. The number of Topliss-reactive ketones (excluding diaryl/α,β-unsaturated/α-hetero) is 1. The number of nitrogens with one attached hydrogen (secondary N) is 2. The second-order valence-electron chi connectivity index (χ2n) is 5.74. The van der Waals surface area contributed by atoms with Crippen molar-refractivity contribution < 1.29 is 14.3 Å². The Labute approximate surface area is 152 Å². The van der Waals surface area contributed by atoms with Gasteiger partial charge in [0.15, 0.2) is 10.9 Å². The Kier molecular flexibility index (Phi) is 6.25. The highest BCUT2D eigenvalue weighted by molar-refractivity contribution is 7.80. The Balaban J connectivity index is 1.97. The number of carbonyl (C=O) groups excluding carboxylic acids is 2. The molecule has 130 valence electrons. The molecule has 0 aliphatic rings. The molecule has 0 spiro atoms.